The Morgan fingerprint density at radius 2 is 2.14 bits per heavy atom. The number of carbonyl (C=O) groups is 1. The van der Waals surface area contributed by atoms with Gasteiger partial charge in [-0.2, -0.15) is 0 Å². The summed E-state index contributed by atoms with van der Waals surface area (Å²) in [6.45, 7) is 3.72. The molecular formula is C15H13N3O3. The molecule has 2 N–H and O–H groups in total. The van der Waals surface area contributed by atoms with E-state index in [-0.39, 0.29) is 0 Å². The van der Waals surface area contributed by atoms with Crippen molar-refractivity contribution in [3.05, 3.63) is 36.1 Å². The van der Waals surface area contributed by atoms with E-state index in [0.29, 0.717) is 11.6 Å². The van der Waals surface area contributed by atoms with Gasteiger partial charge in [-0.15, -0.1) is 0 Å². The highest BCUT2D eigenvalue weighted by Crippen LogP contribution is 2.38. The molecule has 0 fully saturated rings. The number of cyclic esters (lactones) is 1. The van der Waals surface area contributed by atoms with Crippen LogP contribution in [0.1, 0.15) is 19.4 Å². The molecule has 0 atom stereocenters. The maximum absolute atomic E-state index is 11.6. The zero-order valence-electron chi connectivity index (χ0n) is 11.6. The Morgan fingerprint density at radius 3 is 2.90 bits per heavy atom. The summed E-state index contributed by atoms with van der Waals surface area (Å²) in [6.07, 6.45) is 1.15. The number of furan rings is 1. The van der Waals surface area contributed by atoms with Crippen molar-refractivity contribution >= 4 is 22.8 Å². The number of fused-ring (bicyclic) bond motifs is 2. The summed E-state index contributed by atoms with van der Waals surface area (Å²) >= 11 is 0. The third-order valence-corrected chi connectivity index (χ3v) is 3.61. The Balaban J connectivity index is 1.92. The van der Waals surface area contributed by atoms with Crippen molar-refractivity contribution in [3.63, 3.8) is 0 Å². The molecule has 0 aliphatic carbocycles. The molecule has 4 rings (SSSR count). The van der Waals surface area contributed by atoms with Gasteiger partial charge in [0.05, 0.1) is 23.0 Å². The number of benzene rings is 1. The van der Waals surface area contributed by atoms with Crippen LogP contribution in [-0.4, -0.2) is 16.1 Å². The molecule has 21 heavy (non-hydrogen) atoms. The van der Waals surface area contributed by atoms with Gasteiger partial charge in [-0.25, -0.2) is 9.78 Å². The number of anilines is 1. The van der Waals surface area contributed by atoms with Crippen LogP contribution >= 0.6 is 0 Å². The summed E-state index contributed by atoms with van der Waals surface area (Å²) in [7, 11) is 0. The predicted molar refractivity (Wildman–Crippen MR) is 76.9 cm³/mol. The fourth-order valence-electron chi connectivity index (χ4n) is 2.61. The first kappa shape index (κ1) is 12.0. The standard InChI is InChI=1S/C15H13N3O3/c1-15(2)8-6-10-11(7-9(8)18-14(19)21-15)17-13(16-10)12-4-3-5-20-12/h3-7H,1-2H3,(H,16,17)(H,18,19). The van der Waals surface area contributed by atoms with Crippen molar-refractivity contribution in [3.8, 4) is 11.6 Å². The molecule has 3 aromatic rings. The van der Waals surface area contributed by atoms with Crippen LogP contribution in [-0.2, 0) is 10.3 Å². The fourth-order valence-corrected chi connectivity index (χ4v) is 2.61. The average molecular weight is 283 g/mol. The SMILES string of the molecule is CC1(C)OC(=O)Nc2cc3nc(-c4ccco4)[nH]c3cc21. The molecule has 0 radical (unpaired) electrons. The zero-order valence-corrected chi connectivity index (χ0v) is 11.6. The lowest BCUT2D eigenvalue weighted by molar-refractivity contribution is 0.0421. The maximum atomic E-state index is 11.6. The number of hydrogen-bond acceptors (Lipinski definition) is 4. The lowest BCUT2D eigenvalue weighted by atomic mass is 9.94. The van der Waals surface area contributed by atoms with E-state index >= 15 is 0 Å². The number of aromatic nitrogens is 2. The van der Waals surface area contributed by atoms with E-state index in [4.69, 9.17) is 9.15 Å². The van der Waals surface area contributed by atoms with Crippen LogP contribution in [0.5, 0.6) is 0 Å². The van der Waals surface area contributed by atoms with Crippen molar-refractivity contribution in [1.29, 1.82) is 0 Å². The summed E-state index contributed by atoms with van der Waals surface area (Å²) in [6, 6.07) is 7.44. The molecule has 1 aliphatic rings. The average Bonchev–Trinajstić information content (AvgIpc) is 3.04. The highest BCUT2D eigenvalue weighted by atomic mass is 16.6. The molecule has 6 nitrogen and oxygen atoms in total. The fraction of sp³-hybridized carbons (Fsp3) is 0.200. The number of nitrogens with zero attached hydrogens (tertiary/aromatic N) is 1. The van der Waals surface area contributed by atoms with Gasteiger partial charge in [-0.3, -0.25) is 5.32 Å². The second-order valence-electron chi connectivity index (χ2n) is 5.50. The Morgan fingerprint density at radius 1 is 1.29 bits per heavy atom. The molecular weight excluding hydrogens is 270 g/mol. The van der Waals surface area contributed by atoms with Gasteiger partial charge in [0.1, 0.15) is 5.60 Å². The van der Waals surface area contributed by atoms with Gasteiger partial charge in [0.2, 0.25) is 0 Å². The first-order valence-electron chi connectivity index (χ1n) is 6.61. The van der Waals surface area contributed by atoms with Gasteiger partial charge in [-0.1, -0.05) is 0 Å². The lowest BCUT2D eigenvalue weighted by Gasteiger charge is -2.32. The van der Waals surface area contributed by atoms with E-state index in [2.05, 4.69) is 15.3 Å². The van der Waals surface area contributed by atoms with Crippen LogP contribution in [0.2, 0.25) is 0 Å². The summed E-state index contributed by atoms with van der Waals surface area (Å²) < 4.78 is 10.7. The Hall–Kier alpha value is -2.76. The molecule has 0 bridgehead atoms. The monoisotopic (exact) mass is 283 g/mol. The zero-order chi connectivity index (χ0) is 14.6. The van der Waals surface area contributed by atoms with Gasteiger partial charge in [0.25, 0.3) is 0 Å². The van der Waals surface area contributed by atoms with Crippen molar-refractivity contribution in [2.75, 3.05) is 5.32 Å². The lowest BCUT2D eigenvalue weighted by Crippen LogP contribution is -2.34. The van der Waals surface area contributed by atoms with E-state index in [1.165, 1.54) is 0 Å². The molecule has 106 valence electrons. The van der Waals surface area contributed by atoms with Gasteiger partial charge < -0.3 is 14.1 Å². The van der Waals surface area contributed by atoms with E-state index in [1.54, 1.807) is 6.26 Å². The van der Waals surface area contributed by atoms with Crippen molar-refractivity contribution in [2.24, 2.45) is 0 Å². The van der Waals surface area contributed by atoms with Crippen molar-refractivity contribution in [1.82, 2.24) is 9.97 Å². The van der Waals surface area contributed by atoms with Crippen LogP contribution in [0, 0.1) is 0 Å². The number of imidazole rings is 1. The minimum Gasteiger partial charge on any atom is -0.461 e. The molecule has 1 aromatic carbocycles. The van der Waals surface area contributed by atoms with Gasteiger partial charge >= 0.3 is 6.09 Å². The van der Waals surface area contributed by atoms with Crippen LogP contribution in [0.25, 0.3) is 22.6 Å². The number of hydrogen-bond donors (Lipinski definition) is 2. The number of H-pyrrole nitrogens is 1. The first-order chi connectivity index (χ1) is 10.0. The molecule has 3 heterocycles. The molecule has 0 spiro atoms. The highest BCUT2D eigenvalue weighted by molar-refractivity contribution is 5.93. The van der Waals surface area contributed by atoms with E-state index in [9.17, 15) is 4.79 Å². The summed E-state index contributed by atoms with van der Waals surface area (Å²) in [5, 5.41) is 2.71. The maximum Gasteiger partial charge on any atom is 0.412 e. The smallest absolute Gasteiger partial charge is 0.412 e. The number of amides is 1. The molecule has 1 amide bonds. The normalized spacial score (nSPS) is 16.4. The first-order valence-corrected chi connectivity index (χ1v) is 6.61. The molecule has 0 saturated heterocycles. The van der Waals surface area contributed by atoms with E-state index < -0.39 is 11.7 Å². The van der Waals surface area contributed by atoms with Crippen LogP contribution in [0.15, 0.2) is 34.9 Å². The molecule has 0 saturated carbocycles. The van der Waals surface area contributed by atoms with Gasteiger partial charge in [0, 0.05) is 5.56 Å². The quantitative estimate of drug-likeness (QED) is 0.714. The number of nitrogens with one attached hydrogen (secondary N) is 2. The Bertz CT molecular complexity index is 847. The molecule has 6 heteroatoms. The highest BCUT2D eigenvalue weighted by Gasteiger charge is 2.34. The van der Waals surface area contributed by atoms with Crippen LogP contribution in [0.3, 0.4) is 0 Å². The number of carbonyl (C=O) groups excluding carboxylic acids is 1. The van der Waals surface area contributed by atoms with E-state index in [0.717, 1.165) is 22.3 Å². The van der Waals surface area contributed by atoms with Gasteiger partial charge in [0.15, 0.2) is 11.6 Å². The molecule has 1 aliphatic heterocycles. The molecule has 2 aromatic heterocycles. The second-order valence-corrected chi connectivity index (χ2v) is 5.50. The second kappa shape index (κ2) is 3.88. The third-order valence-electron chi connectivity index (χ3n) is 3.61. The minimum absolute atomic E-state index is 0.450. The van der Waals surface area contributed by atoms with Crippen molar-refractivity contribution < 1.29 is 13.9 Å². The minimum atomic E-state index is -0.679. The topological polar surface area (TPSA) is 80.2 Å². The summed E-state index contributed by atoms with van der Waals surface area (Å²) in [5.41, 5.74) is 2.58. The van der Waals surface area contributed by atoms with Crippen molar-refractivity contribution in [2.45, 2.75) is 19.4 Å². The van der Waals surface area contributed by atoms with Gasteiger partial charge in [-0.05, 0) is 38.1 Å². The largest absolute Gasteiger partial charge is 0.461 e. The van der Waals surface area contributed by atoms with E-state index in [1.807, 2.05) is 38.1 Å². The third kappa shape index (κ3) is 1.79. The Labute approximate surface area is 120 Å². The van der Waals surface area contributed by atoms with Crippen LogP contribution in [0.4, 0.5) is 10.5 Å². The van der Waals surface area contributed by atoms with Crippen LogP contribution < -0.4 is 5.32 Å². The number of aromatic amines is 1. The summed E-state index contributed by atoms with van der Waals surface area (Å²) in [4.78, 5) is 19.3. The Kier molecular flexibility index (Phi) is 2.22. The number of rotatable bonds is 1. The number of ether oxygens (including phenoxy) is 1. The summed E-state index contributed by atoms with van der Waals surface area (Å²) in [5.74, 6) is 1.33. The molecule has 0 unspecified atom stereocenters. The predicted octanol–water partition coefficient (Wildman–Crippen LogP) is 3.62.